The number of hydrogen-bond donors (Lipinski definition) is 1. The van der Waals surface area contributed by atoms with Crippen LogP contribution in [0.2, 0.25) is 0 Å². The molecule has 4 heterocycles. The van der Waals surface area contributed by atoms with Crippen molar-refractivity contribution < 1.29 is 28.7 Å². The summed E-state index contributed by atoms with van der Waals surface area (Å²) in [6, 6.07) is 14.7. The Kier molecular flexibility index (Phi) is 7.77. The number of benzene rings is 3. The van der Waals surface area contributed by atoms with Crippen LogP contribution in [0.4, 0.5) is 5.69 Å². The minimum Gasteiger partial charge on any atom is -0.363 e. The van der Waals surface area contributed by atoms with Gasteiger partial charge in [-0.3, -0.25) is 14.2 Å². The molecule has 1 unspecified atom stereocenters. The molecule has 9 nitrogen and oxygen atoms in total. The van der Waals surface area contributed by atoms with Crippen molar-refractivity contribution in [1.82, 2.24) is 9.64 Å². The van der Waals surface area contributed by atoms with E-state index >= 15 is 4.57 Å². The van der Waals surface area contributed by atoms with Crippen LogP contribution in [0.15, 0.2) is 60.7 Å². The molecule has 258 valence electrons. The molecule has 3 aromatic rings. The Balaban J connectivity index is 1.51. The summed E-state index contributed by atoms with van der Waals surface area (Å²) in [5.41, 5.74) is 6.88. The van der Waals surface area contributed by atoms with E-state index in [2.05, 4.69) is 77.0 Å². The predicted molar refractivity (Wildman–Crippen MR) is 196 cm³/mol. The van der Waals surface area contributed by atoms with Crippen molar-refractivity contribution in [3.05, 3.63) is 99.1 Å². The molecule has 50 heavy (non-hydrogen) atoms. The molecule has 0 aromatic heterocycles. The number of allylic oxidation sites excluding steroid dienone is 2. The summed E-state index contributed by atoms with van der Waals surface area (Å²) in [6.07, 6.45) is 4.49. The zero-order valence-electron chi connectivity index (χ0n) is 29.9. The molecule has 0 aliphatic carbocycles. The molecule has 0 saturated carbocycles. The van der Waals surface area contributed by atoms with Gasteiger partial charge in [0.15, 0.2) is 5.54 Å². The number of hydroxylamine groups is 2. The molecule has 1 atom stereocenters. The summed E-state index contributed by atoms with van der Waals surface area (Å²) in [5.74, 6) is -1.91. The second-order valence-electron chi connectivity index (χ2n) is 14.7. The second-order valence-corrected chi connectivity index (χ2v) is 16.8. The summed E-state index contributed by atoms with van der Waals surface area (Å²) >= 11 is 0. The van der Waals surface area contributed by atoms with E-state index in [0.717, 1.165) is 57.5 Å². The van der Waals surface area contributed by atoms with E-state index in [9.17, 15) is 19.3 Å². The van der Waals surface area contributed by atoms with Crippen molar-refractivity contribution in [2.45, 2.75) is 79.3 Å². The van der Waals surface area contributed by atoms with Crippen LogP contribution in [-0.4, -0.2) is 51.9 Å². The highest BCUT2D eigenvalue weighted by Gasteiger charge is 2.41. The molecule has 3 aromatic carbocycles. The van der Waals surface area contributed by atoms with Gasteiger partial charge < -0.3 is 14.6 Å². The van der Waals surface area contributed by atoms with Crippen molar-refractivity contribution in [3.8, 4) is 0 Å². The van der Waals surface area contributed by atoms with Crippen molar-refractivity contribution in [1.29, 1.82) is 0 Å². The molecule has 2 amide bonds. The monoisotopic (exact) mass is 692 g/mol. The molecule has 1 N–H and O–H groups in total. The van der Waals surface area contributed by atoms with E-state index in [1.54, 1.807) is 24.3 Å². The van der Waals surface area contributed by atoms with Crippen LogP contribution in [0.3, 0.4) is 0 Å². The summed E-state index contributed by atoms with van der Waals surface area (Å²) in [6.45, 7) is 18.4. The third kappa shape index (κ3) is 5.04. The van der Waals surface area contributed by atoms with Gasteiger partial charge in [-0.15, -0.1) is 5.06 Å². The summed E-state index contributed by atoms with van der Waals surface area (Å²) in [5, 5.41) is 2.88. The van der Waals surface area contributed by atoms with Gasteiger partial charge in [0.25, 0.3) is 19.2 Å². The smallest absolute Gasteiger partial charge is 0.363 e. The fraction of sp³-hybridized carbons (Fsp3) is 0.350. The lowest BCUT2D eigenvalue weighted by Crippen LogP contribution is -2.51. The molecule has 0 radical (unpaired) electrons. The number of nitrogens with zero attached hydrogens (tertiary/aromatic N) is 3. The minimum atomic E-state index is -4.12. The third-order valence-electron chi connectivity index (χ3n) is 10.6. The van der Waals surface area contributed by atoms with Gasteiger partial charge in [-0.05, 0) is 111 Å². The standard InChI is InChI=1S/C40H42N3O6P/c1-9-41-31-19-33-29(17-27(31)23(3)21-39(41,5)6)37(25-11-13-26(14-12-25)38(46)49-43-35(44)15-16-36(43)45)30-18-28-24(4)22-40(7,8)42(10-2)32(28)20-34(30)50(33,47)48/h11-14,17-22H,9-10,15-16H2,1-8H3/p+1. The first-order valence-corrected chi connectivity index (χ1v) is 18.9. The van der Waals surface area contributed by atoms with Crippen LogP contribution in [0.25, 0.3) is 16.7 Å². The molecule has 10 heteroatoms. The number of hydrogen-bond acceptors (Lipinski definition) is 6. The number of carbonyl (C=O) groups is 3. The van der Waals surface area contributed by atoms with E-state index < -0.39 is 25.2 Å². The first-order chi connectivity index (χ1) is 23.5. The van der Waals surface area contributed by atoms with Gasteiger partial charge in [0, 0.05) is 56.1 Å². The van der Waals surface area contributed by atoms with E-state index in [4.69, 9.17) is 4.84 Å². The van der Waals surface area contributed by atoms with Crippen molar-refractivity contribution in [2.24, 2.45) is 0 Å². The molecule has 0 spiro atoms. The van der Waals surface area contributed by atoms with Crippen molar-refractivity contribution in [2.75, 3.05) is 18.0 Å². The molecule has 1 saturated heterocycles. The number of carbonyl (C=O) groups excluding carboxylic acids is 3. The van der Waals surface area contributed by atoms with Crippen LogP contribution in [0.1, 0.15) is 101 Å². The highest BCUT2D eigenvalue weighted by Crippen LogP contribution is 2.48. The van der Waals surface area contributed by atoms with Gasteiger partial charge in [0.05, 0.1) is 21.7 Å². The molecule has 4 aliphatic heterocycles. The number of fused-ring (bicyclic) bond motifs is 4. The number of anilines is 1. The van der Waals surface area contributed by atoms with Gasteiger partial charge in [0.2, 0.25) is 5.36 Å². The Morgan fingerprint density at radius 3 is 2.14 bits per heavy atom. The van der Waals surface area contributed by atoms with Gasteiger partial charge >= 0.3 is 5.97 Å². The summed E-state index contributed by atoms with van der Waals surface area (Å²) in [4.78, 5) is 56.9. The van der Waals surface area contributed by atoms with Crippen LogP contribution >= 0.6 is 7.37 Å². The predicted octanol–water partition coefficient (Wildman–Crippen LogP) is 4.42. The molecule has 4 aliphatic rings. The summed E-state index contributed by atoms with van der Waals surface area (Å²) < 4.78 is 17.3. The number of amides is 2. The Labute approximate surface area is 292 Å². The van der Waals surface area contributed by atoms with Crippen LogP contribution in [-0.2, 0) is 19.0 Å². The molecule has 7 rings (SSSR count). The Bertz CT molecular complexity index is 2280. The topological polar surface area (TPSA) is 107 Å². The van der Waals surface area contributed by atoms with Crippen molar-refractivity contribution >= 4 is 58.2 Å². The average molecular weight is 693 g/mol. The number of likely N-dealkylation sites (N-methyl/N-ethyl adjacent to an activating group) is 2. The Hall–Kier alpha value is -4.59. The molecular weight excluding hydrogens is 649 g/mol. The SMILES string of the molecule is CCN1c2cc3c(cc2C(C)=CC1(C)C)C(c1ccc(C(=O)ON2C(=O)CCC2=O)cc1)=c1cc2c(cc1P3(=O)O)=[N+](CC)C(C)(C)C=C2C. The largest absolute Gasteiger partial charge is 0.363 e. The fourth-order valence-corrected chi connectivity index (χ4v) is 10.3. The van der Waals surface area contributed by atoms with Crippen LogP contribution in [0, 0.1) is 0 Å². The number of imide groups is 1. The Morgan fingerprint density at radius 2 is 1.52 bits per heavy atom. The Morgan fingerprint density at radius 1 is 0.880 bits per heavy atom. The summed E-state index contributed by atoms with van der Waals surface area (Å²) in [7, 11) is -4.12. The minimum absolute atomic E-state index is 0.00859. The zero-order valence-corrected chi connectivity index (χ0v) is 30.8. The van der Waals surface area contributed by atoms with Crippen LogP contribution < -0.4 is 30.7 Å². The lowest BCUT2D eigenvalue weighted by molar-refractivity contribution is -0.172. The second kappa shape index (κ2) is 11.5. The van der Waals surface area contributed by atoms with Gasteiger partial charge in [-0.1, -0.05) is 18.2 Å². The fourth-order valence-electron chi connectivity index (χ4n) is 8.43. The van der Waals surface area contributed by atoms with E-state index in [1.807, 2.05) is 24.3 Å². The van der Waals surface area contributed by atoms with Gasteiger partial charge in [0.1, 0.15) is 6.54 Å². The van der Waals surface area contributed by atoms with Crippen LogP contribution in [0.5, 0.6) is 0 Å². The highest BCUT2D eigenvalue weighted by molar-refractivity contribution is 7.73. The maximum absolute atomic E-state index is 15.0. The van der Waals surface area contributed by atoms with E-state index in [1.165, 1.54) is 0 Å². The molecule has 1 fully saturated rings. The quantitative estimate of drug-likeness (QED) is 0.240. The van der Waals surface area contributed by atoms with Gasteiger partial charge in [-0.2, -0.15) is 0 Å². The van der Waals surface area contributed by atoms with Gasteiger partial charge in [-0.25, -0.2) is 9.37 Å². The molecular formula is C40H43N3O6P+. The normalized spacial score (nSPS) is 21.6. The average Bonchev–Trinajstić information content (AvgIpc) is 3.36. The van der Waals surface area contributed by atoms with E-state index in [0.29, 0.717) is 26.5 Å². The van der Waals surface area contributed by atoms with E-state index in [-0.39, 0.29) is 29.5 Å². The lowest BCUT2D eigenvalue weighted by atomic mass is 9.85. The molecule has 0 bridgehead atoms. The third-order valence-corrected chi connectivity index (χ3v) is 12.6. The van der Waals surface area contributed by atoms with Crippen molar-refractivity contribution in [3.63, 3.8) is 0 Å². The highest BCUT2D eigenvalue weighted by atomic mass is 31.2. The first kappa shape index (κ1) is 33.9. The maximum Gasteiger partial charge on any atom is 0.363 e. The first-order valence-electron chi connectivity index (χ1n) is 17.2. The zero-order chi connectivity index (χ0) is 36.1. The lowest BCUT2D eigenvalue weighted by Gasteiger charge is -2.43. The number of rotatable bonds is 5. The maximum atomic E-state index is 15.0.